The van der Waals surface area contributed by atoms with Gasteiger partial charge in [0.15, 0.2) is 0 Å². The first-order chi connectivity index (χ1) is 9.55. The Labute approximate surface area is 120 Å². The fourth-order valence-corrected chi connectivity index (χ4v) is 2.46. The minimum Gasteiger partial charge on any atom is -0.166 e. The van der Waals surface area contributed by atoms with E-state index in [0.717, 1.165) is 19.3 Å². The number of hydrogen-bond acceptors (Lipinski definition) is 0. The van der Waals surface area contributed by atoms with E-state index in [0.29, 0.717) is 12.0 Å². The molecule has 114 valence electrons. The Bertz CT molecular complexity index is 369. The zero-order valence-corrected chi connectivity index (χ0v) is 12.3. The molecule has 1 aromatic carbocycles. The molecular weight excluding hydrogens is 261 g/mol. The first-order valence-electron chi connectivity index (χ1n) is 7.70. The van der Waals surface area contributed by atoms with Crippen LogP contribution in [0.1, 0.15) is 69.4 Å². The van der Waals surface area contributed by atoms with Crippen LogP contribution < -0.4 is 0 Å². The van der Waals surface area contributed by atoms with E-state index in [2.05, 4.69) is 6.92 Å². The number of halogens is 3. The van der Waals surface area contributed by atoms with Crippen molar-refractivity contribution < 1.29 is 13.2 Å². The van der Waals surface area contributed by atoms with Crippen molar-refractivity contribution in [3.05, 3.63) is 35.4 Å². The molecule has 0 amide bonds. The third-order valence-electron chi connectivity index (χ3n) is 3.62. The second-order valence-electron chi connectivity index (χ2n) is 5.38. The Morgan fingerprint density at radius 3 is 1.95 bits per heavy atom. The summed E-state index contributed by atoms with van der Waals surface area (Å²) in [5.41, 5.74) is -0.0334. The van der Waals surface area contributed by atoms with Gasteiger partial charge in [-0.05, 0) is 24.5 Å². The second-order valence-corrected chi connectivity index (χ2v) is 5.38. The number of benzene rings is 1. The van der Waals surface area contributed by atoms with Crippen LogP contribution in [0.3, 0.4) is 0 Å². The lowest BCUT2D eigenvalue weighted by Crippen LogP contribution is -2.08. The second kappa shape index (κ2) is 9.04. The van der Waals surface area contributed by atoms with Gasteiger partial charge in [0.25, 0.3) is 0 Å². The van der Waals surface area contributed by atoms with Gasteiger partial charge >= 0.3 is 6.18 Å². The molecule has 0 unspecified atom stereocenters. The lowest BCUT2D eigenvalue weighted by atomic mass is 10.00. The molecule has 0 aliphatic rings. The largest absolute Gasteiger partial charge is 0.416 e. The first kappa shape index (κ1) is 17.1. The van der Waals surface area contributed by atoms with Gasteiger partial charge in [0.05, 0.1) is 5.56 Å². The normalized spacial score (nSPS) is 11.8. The van der Waals surface area contributed by atoms with E-state index in [1.54, 1.807) is 12.1 Å². The van der Waals surface area contributed by atoms with Crippen LogP contribution in [0, 0.1) is 0 Å². The van der Waals surface area contributed by atoms with Gasteiger partial charge in [-0.15, -0.1) is 0 Å². The smallest absolute Gasteiger partial charge is 0.166 e. The van der Waals surface area contributed by atoms with Crippen molar-refractivity contribution in [3.8, 4) is 0 Å². The number of hydrogen-bond donors (Lipinski definition) is 0. The van der Waals surface area contributed by atoms with Crippen molar-refractivity contribution in [2.24, 2.45) is 0 Å². The summed E-state index contributed by atoms with van der Waals surface area (Å²) in [6.45, 7) is 2.19. The first-order valence-corrected chi connectivity index (χ1v) is 7.70. The molecule has 0 nitrogen and oxygen atoms in total. The third-order valence-corrected chi connectivity index (χ3v) is 3.62. The van der Waals surface area contributed by atoms with Crippen LogP contribution in [0.15, 0.2) is 24.3 Å². The van der Waals surface area contributed by atoms with Crippen molar-refractivity contribution in [2.75, 3.05) is 0 Å². The molecule has 20 heavy (non-hydrogen) atoms. The summed E-state index contributed by atoms with van der Waals surface area (Å²) in [4.78, 5) is 0. The Morgan fingerprint density at radius 1 is 0.800 bits per heavy atom. The van der Waals surface area contributed by atoms with E-state index >= 15 is 0 Å². The number of unbranched alkanes of at least 4 members (excludes halogenated alkanes) is 7. The van der Waals surface area contributed by atoms with E-state index in [1.165, 1.54) is 44.2 Å². The summed E-state index contributed by atoms with van der Waals surface area (Å²) >= 11 is 0. The van der Waals surface area contributed by atoms with Crippen LogP contribution in [0.25, 0.3) is 0 Å². The molecule has 0 heterocycles. The molecule has 0 saturated heterocycles. The quantitative estimate of drug-likeness (QED) is 0.461. The number of rotatable bonds is 9. The summed E-state index contributed by atoms with van der Waals surface area (Å²) in [6.07, 6.45) is 5.60. The van der Waals surface area contributed by atoms with Gasteiger partial charge in [-0.25, -0.2) is 0 Å². The summed E-state index contributed by atoms with van der Waals surface area (Å²) in [5.74, 6) is 0. The summed E-state index contributed by atoms with van der Waals surface area (Å²) in [5, 5.41) is 0. The molecule has 0 saturated carbocycles. The molecule has 1 aromatic rings. The molecule has 0 aliphatic heterocycles. The molecule has 0 aliphatic carbocycles. The molecule has 3 heteroatoms. The minimum atomic E-state index is -4.23. The fraction of sp³-hybridized carbons (Fsp3) is 0.647. The standard InChI is InChI=1S/C17H25F3/c1-2-3-4-5-6-7-8-9-12-15-13-10-11-14-16(15)17(18,19)20/h10-11,13-14H,2-9,12H2,1H3. The zero-order valence-electron chi connectivity index (χ0n) is 12.3. The predicted octanol–water partition coefficient (Wildman–Crippen LogP) is 6.39. The van der Waals surface area contributed by atoms with Gasteiger partial charge in [-0.1, -0.05) is 70.1 Å². The molecule has 0 radical (unpaired) electrons. The average Bonchev–Trinajstić information content (AvgIpc) is 2.41. The van der Waals surface area contributed by atoms with Gasteiger partial charge in [0, 0.05) is 0 Å². The average molecular weight is 286 g/mol. The molecule has 0 aromatic heterocycles. The van der Waals surface area contributed by atoms with Crippen LogP contribution in [-0.4, -0.2) is 0 Å². The monoisotopic (exact) mass is 286 g/mol. The molecular formula is C17H25F3. The van der Waals surface area contributed by atoms with Gasteiger partial charge in [0.1, 0.15) is 0 Å². The van der Waals surface area contributed by atoms with Crippen LogP contribution in [0.5, 0.6) is 0 Å². The topological polar surface area (TPSA) is 0 Å². The lowest BCUT2D eigenvalue weighted by Gasteiger charge is -2.12. The molecule has 1 rings (SSSR count). The molecule has 0 spiro atoms. The summed E-state index contributed by atoms with van der Waals surface area (Å²) in [6, 6.07) is 5.93. The molecule has 0 fully saturated rings. The van der Waals surface area contributed by atoms with E-state index in [1.807, 2.05) is 0 Å². The van der Waals surface area contributed by atoms with Crippen LogP contribution >= 0.6 is 0 Å². The van der Waals surface area contributed by atoms with E-state index in [9.17, 15) is 13.2 Å². The van der Waals surface area contributed by atoms with Gasteiger partial charge in [-0.3, -0.25) is 0 Å². The van der Waals surface area contributed by atoms with E-state index in [-0.39, 0.29) is 0 Å². The number of aryl methyl sites for hydroxylation is 1. The summed E-state index contributed by atoms with van der Waals surface area (Å²) < 4.78 is 38.4. The van der Waals surface area contributed by atoms with Crippen LogP contribution in [0.4, 0.5) is 13.2 Å². The maximum Gasteiger partial charge on any atom is 0.416 e. The Hall–Kier alpha value is -0.990. The fourth-order valence-electron chi connectivity index (χ4n) is 2.46. The predicted molar refractivity (Wildman–Crippen MR) is 77.8 cm³/mol. The SMILES string of the molecule is CCCCCCCCCCc1ccccc1C(F)(F)F. The van der Waals surface area contributed by atoms with Crippen molar-refractivity contribution in [1.82, 2.24) is 0 Å². The van der Waals surface area contributed by atoms with E-state index in [4.69, 9.17) is 0 Å². The number of alkyl halides is 3. The lowest BCUT2D eigenvalue weighted by molar-refractivity contribution is -0.138. The van der Waals surface area contributed by atoms with Gasteiger partial charge in [0.2, 0.25) is 0 Å². The van der Waals surface area contributed by atoms with Gasteiger partial charge in [-0.2, -0.15) is 13.2 Å². The van der Waals surface area contributed by atoms with Crippen molar-refractivity contribution in [2.45, 2.75) is 70.9 Å². The Morgan fingerprint density at radius 2 is 1.35 bits per heavy atom. The molecule has 0 atom stereocenters. The highest BCUT2D eigenvalue weighted by molar-refractivity contribution is 5.29. The van der Waals surface area contributed by atoms with Crippen LogP contribution in [0.2, 0.25) is 0 Å². The highest BCUT2D eigenvalue weighted by Gasteiger charge is 2.32. The zero-order chi connectivity index (χ0) is 14.8. The van der Waals surface area contributed by atoms with Crippen molar-refractivity contribution in [1.29, 1.82) is 0 Å². The van der Waals surface area contributed by atoms with Crippen LogP contribution in [-0.2, 0) is 12.6 Å². The Balaban J connectivity index is 2.26. The minimum absolute atomic E-state index is 0.436. The maximum atomic E-state index is 12.8. The Kier molecular flexibility index (Phi) is 7.71. The molecule has 0 bridgehead atoms. The highest BCUT2D eigenvalue weighted by Crippen LogP contribution is 2.32. The van der Waals surface area contributed by atoms with E-state index < -0.39 is 11.7 Å². The summed E-state index contributed by atoms with van der Waals surface area (Å²) in [7, 11) is 0. The van der Waals surface area contributed by atoms with Gasteiger partial charge < -0.3 is 0 Å². The van der Waals surface area contributed by atoms with Crippen molar-refractivity contribution in [3.63, 3.8) is 0 Å². The molecule has 0 N–H and O–H groups in total. The maximum absolute atomic E-state index is 12.8. The van der Waals surface area contributed by atoms with Crippen molar-refractivity contribution >= 4 is 0 Å². The highest BCUT2D eigenvalue weighted by atomic mass is 19.4. The third kappa shape index (κ3) is 6.44.